The van der Waals surface area contributed by atoms with Crippen molar-refractivity contribution in [2.24, 2.45) is 11.7 Å². The monoisotopic (exact) mass is 225 g/mol. The van der Waals surface area contributed by atoms with Gasteiger partial charge in [-0.1, -0.05) is 0 Å². The first kappa shape index (κ1) is 12.1. The van der Waals surface area contributed by atoms with Crippen molar-refractivity contribution in [3.63, 3.8) is 0 Å². The number of hydrogen-bond acceptors (Lipinski definition) is 3. The Morgan fingerprint density at radius 3 is 2.40 bits per heavy atom. The fourth-order valence-electron chi connectivity index (χ4n) is 1.83. The number of nitrogens with one attached hydrogen (secondary N) is 1. The second-order valence-corrected chi connectivity index (χ2v) is 3.75. The van der Waals surface area contributed by atoms with Crippen LogP contribution in [0.15, 0.2) is 0 Å². The third-order valence-electron chi connectivity index (χ3n) is 2.67. The zero-order valence-electron chi connectivity index (χ0n) is 7.88. The molecule has 7 heteroatoms. The lowest BCUT2D eigenvalue weighted by Gasteiger charge is -2.35. The summed E-state index contributed by atoms with van der Waals surface area (Å²) >= 11 is 0. The van der Waals surface area contributed by atoms with Crippen LogP contribution in [-0.2, 0) is 0 Å². The van der Waals surface area contributed by atoms with Crippen LogP contribution in [0.25, 0.3) is 0 Å². The summed E-state index contributed by atoms with van der Waals surface area (Å²) in [6.07, 6.45) is -5.99. The van der Waals surface area contributed by atoms with E-state index in [2.05, 4.69) is 0 Å². The van der Waals surface area contributed by atoms with Crippen LogP contribution in [0.1, 0.15) is 19.3 Å². The molecule has 0 aromatic carbocycles. The van der Waals surface area contributed by atoms with Crippen molar-refractivity contribution >= 4 is 6.09 Å². The maximum atomic E-state index is 12.3. The molecule has 15 heavy (non-hydrogen) atoms. The van der Waals surface area contributed by atoms with E-state index in [0.29, 0.717) is 0 Å². The predicted molar refractivity (Wildman–Crippen MR) is 43.7 cm³/mol. The van der Waals surface area contributed by atoms with Crippen molar-refractivity contribution in [3.8, 4) is 0 Å². The minimum absolute atomic E-state index is 0.0951. The Balaban J connectivity index is 2.51. The topological polar surface area (TPSA) is 78.2 Å². The summed E-state index contributed by atoms with van der Waals surface area (Å²) in [6.45, 7) is 0. The van der Waals surface area contributed by atoms with Gasteiger partial charge in [-0.2, -0.15) is 13.2 Å². The van der Waals surface area contributed by atoms with Crippen molar-refractivity contribution in [1.82, 2.24) is 5.32 Å². The quantitative estimate of drug-likeness (QED) is 0.658. The summed E-state index contributed by atoms with van der Waals surface area (Å²) in [4.78, 5) is 10.2. The summed E-state index contributed by atoms with van der Waals surface area (Å²) in [6, 6.07) is -1.43. The van der Waals surface area contributed by atoms with Crippen molar-refractivity contribution in [3.05, 3.63) is 0 Å². The number of hydrogen-bond donors (Lipinski definition) is 2. The number of carbonyl (C=O) groups excluding carboxylic acids is 1. The third kappa shape index (κ3) is 3.26. The minimum atomic E-state index is -4.25. The van der Waals surface area contributed by atoms with Gasteiger partial charge in [0, 0.05) is 12.1 Å². The Morgan fingerprint density at radius 1 is 1.40 bits per heavy atom. The smallest absolute Gasteiger partial charge is 0.391 e. The first-order chi connectivity index (χ1) is 6.80. The van der Waals surface area contributed by atoms with E-state index in [1.54, 1.807) is 0 Å². The summed E-state index contributed by atoms with van der Waals surface area (Å²) in [5.74, 6) is -1.42. The van der Waals surface area contributed by atoms with Crippen LogP contribution >= 0.6 is 0 Å². The molecule has 0 heterocycles. The highest BCUT2D eigenvalue weighted by Crippen LogP contribution is 2.37. The fourth-order valence-corrected chi connectivity index (χ4v) is 1.83. The number of rotatable bonds is 1. The zero-order chi connectivity index (χ0) is 11.6. The van der Waals surface area contributed by atoms with Crippen LogP contribution in [0.3, 0.4) is 0 Å². The summed E-state index contributed by atoms with van der Waals surface area (Å²) in [5, 5.41) is 12.2. The SMILES string of the molecule is NC1CC(C(F)(F)F)CCC1NC(=O)[O-]. The van der Waals surface area contributed by atoms with E-state index >= 15 is 0 Å². The second kappa shape index (κ2) is 4.26. The average Bonchev–Trinajstić information content (AvgIpc) is 2.05. The first-order valence-electron chi connectivity index (χ1n) is 4.60. The Morgan fingerprint density at radius 2 is 2.00 bits per heavy atom. The van der Waals surface area contributed by atoms with E-state index < -0.39 is 30.3 Å². The van der Waals surface area contributed by atoms with Gasteiger partial charge < -0.3 is 21.0 Å². The Labute approximate surface area is 84.6 Å². The Kier molecular flexibility index (Phi) is 3.43. The van der Waals surface area contributed by atoms with Crippen LogP contribution in [0.4, 0.5) is 18.0 Å². The summed E-state index contributed by atoms with van der Waals surface area (Å²) in [5.41, 5.74) is 5.46. The van der Waals surface area contributed by atoms with Crippen molar-refractivity contribution in [2.45, 2.75) is 37.5 Å². The van der Waals surface area contributed by atoms with Crippen molar-refractivity contribution in [1.29, 1.82) is 0 Å². The number of carbonyl (C=O) groups is 1. The van der Waals surface area contributed by atoms with Gasteiger partial charge in [-0.05, 0) is 19.3 Å². The first-order valence-corrected chi connectivity index (χ1v) is 4.60. The van der Waals surface area contributed by atoms with Crippen molar-refractivity contribution in [2.75, 3.05) is 0 Å². The molecule has 0 saturated heterocycles. The zero-order valence-corrected chi connectivity index (χ0v) is 7.88. The lowest BCUT2D eigenvalue weighted by atomic mass is 9.82. The molecule has 4 nitrogen and oxygen atoms in total. The standard InChI is InChI=1S/C8H13F3N2O2/c9-8(10,11)4-1-2-6(5(12)3-4)13-7(14)15/h4-6,13H,1-3,12H2,(H,14,15)/p-1. The van der Waals surface area contributed by atoms with Gasteiger partial charge in [0.2, 0.25) is 0 Å². The minimum Gasteiger partial charge on any atom is -0.530 e. The molecule has 88 valence electrons. The van der Waals surface area contributed by atoms with E-state index in [9.17, 15) is 23.1 Å². The molecule has 0 bridgehead atoms. The molecule has 0 spiro atoms. The molecule has 3 atom stereocenters. The average molecular weight is 225 g/mol. The lowest BCUT2D eigenvalue weighted by Crippen LogP contribution is -2.55. The second-order valence-electron chi connectivity index (χ2n) is 3.75. The molecule has 3 N–H and O–H groups in total. The Hall–Kier alpha value is -0.980. The maximum absolute atomic E-state index is 12.3. The van der Waals surface area contributed by atoms with Gasteiger partial charge in [0.1, 0.15) is 6.09 Å². The van der Waals surface area contributed by atoms with Gasteiger partial charge in [0.05, 0.1) is 5.92 Å². The number of alkyl halides is 3. The molecule has 0 aromatic heterocycles. The van der Waals surface area contributed by atoms with Gasteiger partial charge in [0.25, 0.3) is 0 Å². The molecule has 1 fully saturated rings. The van der Waals surface area contributed by atoms with Crippen molar-refractivity contribution < 1.29 is 23.1 Å². The highest BCUT2D eigenvalue weighted by molar-refractivity contribution is 5.62. The molecule has 0 aliphatic heterocycles. The summed E-state index contributed by atoms with van der Waals surface area (Å²) < 4.78 is 36.9. The molecule has 0 aromatic rings. The highest BCUT2D eigenvalue weighted by atomic mass is 19.4. The normalized spacial score (nSPS) is 32.4. The number of nitrogens with two attached hydrogens (primary N) is 1. The van der Waals surface area contributed by atoms with E-state index in [1.165, 1.54) is 0 Å². The van der Waals surface area contributed by atoms with Gasteiger partial charge in [0.15, 0.2) is 0 Å². The van der Waals surface area contributed by atoms with Gasteiger partial charge in [-0.15, -0.1) is 0 Å². The number of halogens is 3. The van der Waals surface area contributed by atoms with Crippen LogP contribution in [0.5, 0.6) is 0 Å². The Bertz CT molecular complexity index is 245. The number of amides is 1. The van der Waals surface area contributed by atoms with E-state index in [1.807, 2.05) is 5.32 Å². The third-order valence-corrected chi connectivity index (χ3v) is 2.67. The molecular weight excluding hydrogens is 213 g/mol. The van der Waals surface area contributed by atoms with E-state index in [-0.39, 0.29) is 19.3 Å². The summed E-state index contributed by atoms with van der Waals surface area (Å²) in [7, 11) is 0. The van der Waals surface area contributed by atoms with Gasteiger partial charge in [-0.3, -0.25) is 0 Å². The lowest BCUT2D eigenvalue weighted by molar-refractivity contribution is -0.252. The fraction of sp³-hybridized carbons (Fsp3) is 0.875. The molecule has 1 aliphatic rings. The predicted octanol–water partition coefficient (Wildman–Crippen LogP) is -0.0224. The van der Waals surface area contributed by atoms with Crippen LogP contribution in [-0.4, -0.2) is 24.4 Å². The molecular formula is C8H12F3N2O2-. The van der Waals surface area contributed by atoms with Crippen LogP contribution < -0.4 is 16.2 Å². The van der Waals surface area contributed by atoms with Gasteiger partial charge >= 0.3 is 6.18 Å². The maximum Gasteiger partial charge on any atom is 0.391 e. The molecule has 3 unspecified atom stereocenters. The largest absolute Gasteiger partial charge is 0.530 e. The van der Waals surface area contributed by atoms with E-state index in [4.69, 9.17) is 5.73 Å². The molecule has 1 aliphatic carbocycles. The van der Waals surface area contributed by atoms with Gasteiger partial charge in [-0.25, -0.2) is 0 Å². The van der Waals surface area contributed by atoms with E-state index in [0.717, 1.165) is 0 Å². The molecule has 0 radical (unpaired) electrons. The highest BCUT2D eigenvalue weighted by Gasteiger charge is 2.43. The number of carboxylic acid groups (broad SMARTS) is 1. The molecule has 1 rings (SSSR count). The molecule has 1 amide bonds. The van der Waals surface area contributed by atoms with Crippen LogP contribution in [0.2, 0.25) is 0 Å². The molecule has 1 saturated carbocycles. The van der Waals surface area contributed by atoms with Crippen LogP contribution in [0, 0.1) is 5.92 Å².